The number of thioether (sulfide) groups is 1. The number of ether oxygens (including phenoxy) is 1. The van der Waals surface area contributed by atoms with Crippen molar-refractivity contribution in [3.8, 4) is 11.8 Å². The number of nitrogens with zero attached hydrogens (tertiary/aromatic N) is 1. The van der Waals surface area contributed by atoms with E-state index in [4.69, 9.17) is 10.00 Å². The summed E-state index contributed by atoms with van der Waals surface area (Å²) in [5, 5.41) is 8.97. The lowest BCUT2D eigenvalue weighted by molar-refractivity contribution is 0.318. The molecule has 108 valence electrons. The summed E-state index contributed by atoms with van der Waals surface area (Å²) in [6.07, 6.45) is 0.982. The summed E-state index contributed by atoms with van der Waals surface area (Å²) < 4.78 is 5.66. The molecule has 0 fully saturated rings. The van der Waals surface area contributed by atoms with Gasteiger partial charge in [-0.05, 0) is 36.8 Å². The zero-order valence-electron chi connectivity index (χ0n) is 12.2. The first-order chi connectivity index (χ1) is 10.3. The largest absolute Gasteiger partial charge is 0.492 e. The van der Waals surface area contributed by atoms with Crippen LogP contribution in [0.15, 0.2) is 48.5 Å². The maximum atomic E-state index is 8.97. The van der Waals surface area contributed by atoms with Gasteiger partial charge >= 0.3 is 0 Å². The van der Waals surface area contributed by atoms with Gasteiger partial charge in [-0.15, -0.1) is 0 Å². The van der Waals surface area contributed by atoms with Crippen LogP contribution in [-0.2, 0) is 5.75 Å². The minimum Gasteiger partial charge on any atom is -0.492 e. The van der Waals surface area contributed by atoms with Crippen LogP contribution in [0, 0.1) is 18.3 Å². The molecule has 0 aromatic heterocycles. The molecule has 0 radical (unpaired) electrons. The summed E-state index contributed by atoms with van der Waals surface area (Å²) in [5.74, 6) is 2.78. The Morgan fingerprint density at radius 3 is 2.81 bits per heavy atom. The Kier molecular flexibility index (Phi) is 6.18. The number of para-hydroxylation sites is 1. The maximum absolute atomic E-state index is 8.97. The standard InChI is InChI=1S/C18H19NOS/c1-15-6-4-7-16(12-15)14-21-11-5-10-20-18-9-3-2-8-17(18)13-19/h2-4,6-9,12H,5,10-11,14H2,1H3. The fourth-order valence-corrected chi connectivity index (χ4v) is 2.90. The van der Waals surface area contributed by atoms with Crippen LogP contribution in [-0.4, -0.2) is 12.4 Å². The Morgan fingerprint density at radius 1 is 1.14 bits per heavy atom. The van der Waals surface area contributed by atoms with Crippen molar-refractivity contribution in [3.05, 3.63) is 65.2 Å². The second kappa shape index (κ2) is 8.39. The van der Waals surface area contributed by atoms with Crippen LogP contribution >= 0.6 is 11.8 Å². The Bertz CT molecular complexity index is 619. The van der Waals surface area contributed by atoms with Crippen LogP contribution in [0.2, 0.25) is 0 Å². The van der Waals surface area contributed by atoms with E-state index in [-0.39, 0.29) is 0 Å². The first kappa shape index (κ1) is 15.5. The molecule has 0 aliphatic heterocycles. The van der Waals surface area contributed by atoms with Gasteiger partial charge in [-0.2, -0.15) is 17.0 Å². The topological polar surface area (TPSA) is 33.0 Å². The van der Waals surface area contributed by atoms with E-state index in [9.17, 15) is 0 Å². The van der Waals surface area contributed by atoms with Crippen molar-refractivity contribution >= 4 is 11.8 Å². The summed E-state index contributed by atoms with van der Waals surface area (Å²) in [6.45, 7) is 2.77. The van der Waals surface area contributed by atoms with Crippen molar-refractivity contribution in [2.45, 2.75) is 19.1 Å². The number of benzene rings is 2. The number of nitriles is 1. The van der Waals surface area contributed by atoms with E-state index in [0.717, 1.165) is 17.9 Å². The molecule has 2 nitrogen and oxygen atoms in total. The number of rotatable bonds is 7. The minimum absolute atomic E-state index is 0.602. The molecular formula is C18H19NOS. The average Bonchev–Trinajstić information content (AvgIpc) is 2.51. The second-order valence-corrected chi connectivity index (χ2v) is 5.96. The molecule has 0 saturated heterocycles. The SMILES string of the molecule is Cc1cccc(CSCCCOc2ccccc2C#N)c1. The zero-order valence-corrected chi connectivity index (χ0v) is 13.0. The van der Waals surface area contributed by atoms with E-state index in [1.165, 1.54) is 11.1 Å². The molecule has 0 saturated carbocycles. The molecule has 2 aromatic carbocycles. The highest BCUT2D eigenvalue weighted by Gasteiger charge is 2.01. The lowest BCUT2D eigenvalue weighted by atomic mass is 10.2. The third kappa shape index (κ3) is 5.17. The smallest absolute Gasteiger partial charge is 0.137 e. The van der Waals surface area contributed by atoms with Gasteiger partial charge < -0.3 is 4.74 Å². The third-order valence-electron chi connectivity index (χ3n) is 3.05. The molecule has 0 unspecified atom stereocenters. The van der Waals surface area contributed by atoms with Gasteiger partial charge in [0.15, 0.2) is 0 Å². The summed E-state index contributed by atoms with van der Waals surface area (Å²) >= 11 is 1.92. The van der Waals surface area contributed by atoms with Gasteiger partial charge in [0, 0.05) is 5.75 Å². The maximum Gasteiger partial charge on any atom is 0.137 e. The van der Waals surface area contributed by atoms with E-state index < -0.39 is 0 Å². The van der Waals surface area contributed by atoms with Crippen molar-refractivity contribution in [1.82, 2.24) is 0 Å². The van der Waals surface area contributed by atoms with E-state index in [1.54, 1.807) is 6.07 Å². The highest BCUT2D eigenvalue weighted by Crippen LogP contribution is 2.18. The van der Waals surface area contributed by atoms with Crippen molar-refractivity contribution < 1.29 is 4.74 Å². The monoisotopic (exact) mass is 297 g/mol. The highest BCUT2D eigenvalue weighted by atomic mass is 32.2. The minimum atomic E-state index is 0.602. The van der Waals surface area contributed by atoms with E-state index in [0.29, 0.717) is 17.9 Å². The van der Waals surface area contributed by atoms with Crippen LogP contribution in [0.5, 0.6) is 5.75 Å². The molecule has 21 heavy (non-hydrogen) atoms. The number of hydrogen-bond donors (Lipinski definition) is 0. The van der Waals surface area contributed by atoms with E-state index in [2.05, 4.69) is 37.3 Å². The molecule has 2 aromatic rings. The van der Waals surface area contributed by atoms with Crippen LogP contribution in [0.3, 0.4) is 0 Å². The Hall–Kier alpha value is -1.92. The number of hydrogen-bond acceptors (Lipinski definition) is 3. The molecule has 0 N–H and O–H groups in total. The van der Waals surface area contributed by atoms with Gasteiger partial charge in [-0.25, -0.2) is 0 Å². The Morgan fingerprint density at radius 2 is 2.00 bits per heavy atom. The Balaban J connectivity index is 1.65. The summed E-state index contributed by atoms with van der Waals surface area (Å²) in [5.41, 5.74) is 3.28. The fraction of sp³-hybridized carbons (Fsp3) is 0.278. The fourth-order valence-electron chi connectivity index (χ4n) is 2.02. The molecule has 0 aliphatic rings. The van der Waals surface area contributed by atoms with Gasteiger partial charge in [0.25, 0.3) is 0 Å². The first-order valence-electron chi connectivity index (χ1n) is 7.05. The predicted molar refractivity (Wildman–Crippen MR) is 88.6 cm³/mol. The molecular weight excluding hydrogens is 278 g/mol. The van der Waals surface area contributed by atoms with Gasteiger partial charge in [-0.3, -0.25) is 0 Å². The van der Waals surface area contributed by atoms with E-state index >= 15 is 0 Å². The van der Waals surface area contributed by atoms with Crippen LogP contribution in [0.4, 0.5) is 0 Å². The average molecular weight is 297 g/mol. The van der Waals surface area contributed by atoms with Crippen molar-refractivity contribution in [2.24, 2.45) is 0 Å². The van der Waals surface area contributed by atoms with E-state index in [1.807, 2.05) is 30.0 Å². The molecule has 0 aliphatic carbocycles. The lowest BCUT2D eigenvalue weighted by Crippen LogP contribution is -2.00. The quantitative estimate of drug-likeness (QED) is 0.702. The van der Waals surface area contributed by atoms with Crippen molar-refractivity contribution in [1.29, 1.82) is 5.26 Å². The molecule has 3 heteroatoms. The first-order valence-corrected chi connectivity index (χ1v) is 8.20. The third-order valence-corrected chi connectivity index (χ3v) is 4.16. The van der Waals surface area contributed by atoms with Crippen LogP contribution < -0.4 is 4.74 Å². The van der Waals surface area contributed by atoms with Crippen LogP contribution in [0.1, 0.15) is 23.1 Å². The van der Waals surface area contributed by atoms with Crippen molar-refractivity contribution in [2.75, 3.05) is 12.4 Å². The molecule has 0 bridgehead atoms. The van der Waals surface area contributed by atoms with Gasteiger partial charge in [0.05, 0.1) is 12.2 Å². The molecule has 2 rings (SSSR count). The predicted octanol–water partition coefficient (Wildman–Crippen LogP) is 4.57. The molecule has 0 atom stereocenters. The van der Waals surface area contributed by atoms with Gasteiger partial charge in [-0.1, -0.05) is 42.0 Å². The lowest BCUT2D eigenvalue weighted by Gasteiger charge is -2.07. The summed E-state index contributed by atoms with van der Waals surface area (Å²) in [6, 6.07) is 18.1. The molecule has 0 heterocycles. The normalized spacial score (nSPS) is 10.1. The highest BCUT2D eigenvalue weighted by molar-refractivity contribution is 7.98. The van der Waals surface area contributed by atoms with Gasteiger partial charge in [0.1, 0.15) is 11.8 Å². The zero-order chi connectivity index (χ0) is 14.9. The summed E-state index contributed by atoms with van der Waals surface area (Å²) in [7, 11) is 0. The van der Waals surface area contributed by atoms with Crippen molar-refractivity contribution in [3.63, 3.8) is 0 Å². The second-order valence-electron chi connectivity index (χ2n) is 4.85. The Labute approximate surface area is 130 Å². The number of aryl methyl sites for hydroxylation is 1. The summed E-state index contributed by atoms with van der Waals surface area (Å²) in [4.78, 5) is 0. The van der Waals surface area contributed by atoms with Gasteiger partial charge in [0.2, 0.25) is 0 Å². The molecule has 0 spiro atoms. The molecule has 0 amide bonds. The van der Waals surface area contributed by atoms with Crippen LogP contribution in [0.25, 0.3) is 0 Å².